The molecule has 0 aliphatic carbocycles. The van der Waals surface area contributed by atoms with E-state index in [0.29, 0.717) is 5.70 Å². The van der Waals surface area contributed by atoms with Crippen LogP contribution in [0.25, 0.3) is 33.5 Å². The van der Waals surface area contributed by atoms with Crippen LogP contribution in [0.2, 0.25) is 0 Å². The van der Waals surface area contributed by atoms with Crippen LogP contribution in [0, 0.1) is 19.7 Å². The largest absolute Gasteiger partial charge is 0.388 e. The highest BCUT2D eigenvalue weighted by atomic mass is 19.1. The van der Waals surface area contributed by atoms with Crippen LogP contribution in [0.15, 0.2) is 61.2 Å². The second-order valence-electron chi connectivity index (χ2n) is 6.84. The summed E-state index contributed by atoms with van der Waals surface area (Å²) in [5.74, 6) is -0.289. The number of para-hydroxylation sites is 1. The van der Waals surface area contributed by atoms with E-state index in [4.69, 9.17) is 0 Å². The van der Waals surface area contributed by atoms with Crippen LogP contribution in [0.3, 0.4) is 0 Å². The van der Waals surface area contributed by atoms with Gasteiger partial charge in [-0.1, -0.05) is 30.0 Å². The summed E-state index contributed by atoms with van der Waals surface area (Å²) < 4.78 is 16.2. The van der Waals surface area contributed by atoms with Crippen LogP contribution in [0.1, 0.15) is 16.7 Å². The maximum atomic E-state index is 14.4. The van der Waals surface area contributed by atoms with E-state index in [9.17, 15) is 4.39 Å². The molecule has 0 bridgehead atoms. The number of aryl methyl sites for hydroxylation is 1. The molecule has 0 saturated carbocycles. The fourth-order valence-electron chi connectivity index (χ4n) is 3.50. The Balaban J connectivity index is 1.92. The minimum atomic E-state index is -0.289. The summed E-state index contributed by atoms with van der Waals surface area (Å²) in [7, 11) is 1.79. The predicted molar refractivity (Wildman–Crippen MR) is 112 cm³/mol. The zero-order valence-electron chi connectivity index (χ0n) is 16.1. The second-order valence-corrected chi connectivity index (χ2v) is 6.84. The molecule has 4 nitrogen and oxygen atoms in total. The molecule has 4 rings (SSSR count). The molecule has 0 amide bonds. The molecular formula is C23H21FN4. The van der Waals surface area contributed by atoms with Crippen molar-refractivity contribution in [2.75, 3.05) is 7.05 Å². The molecule has 0 spiro atoms. The Kier molecular flexibility index (Phi) is 4.43. The Morgan fingerprint density at radius 1 is 1.04 bits per heavy atom. The number of aromatic nitrogens is 3. The average Bonchev–Trinajstić information content (AvgIpc) is 3.13. The van der Waals surface area contributed by atoms with Gasteiger partial charge in [-0.2, -0.15) is 0 Å². The van der Waals surface area contributed by atoms with Gasteiger partial charge >= 0.3 is 0 Å². The van der Waals surface area contributed by atoms with Crippen molar-refractivity contribution in [3.8, 4) is 16.8 Å². The van der Waals surface area contributed by atoms with Gasteiger partial charge in [-0.05, 0) is 72.5 Å². The molecule has 0 unspecified atom stereocenters. The van der Waals surface area contributed by atoms with Crippen molar-refractivity contribution in [1.82, 2.24) is 20.3 Å². The van der Waals surface area contributed by atoms with E-state index < -0.39 is 0 Å². The molecule has 0 aliphatic heterocycles. The molecule has 1 heterocycles. The lowest BCUT2D eigenvalue weighted by Gasteiger charge is -2.16. The first-order valence-corrected chi connectivity index (χ1v) is 9.08. The van der Waals surface area contributed by atoms with E-state index in [1.807, 2.05) is 56.3 Å². The molecule has 1 aromatic heterocycles. The third-order valence-electron chi connectivity index (χ3n) is 5.11. The number of fused-ring (bicyclic) bond motifs is 1. The predicted octanol–water partition coefficient (Wildman–Crippen LogP) is 5.03. The number of halogens is 1. The number of benzene rings is 3. The Bertz CT molecular complexity index is 1210. The second kappa shape index (κ2) is 6.93. The van der Waals surface area contributed by atoms with Crippen molar-refractivity contribution in [2.24, 2.45) is 0 Å². The molecule has 0 fully saturated rings. The molecular weight excluding hydrogens is 351 g/mol. The maximum Gasteiger partial charge on any atom is 0.124 e. The van der Waals surface area contributed by atoms with Crippen molar-refractivity contribution in [2.45, 2.75) is 13.8 Å². The van der Waals surface area contributed by atoms with Crippen molar-refractivity contribution in [3.05, 3.63) is 83.7 Å². The van der Waals surface area contributed by atoms with Crippen LogP contribution in [-0.4, -0.2) is 22.0 Å². The van der Waals surface area contributed by atoms with Gasteiger partial charge in [-0.15, -0.1) is 5.10 Å². The van der Waals surface area contributed by atoms with Gasteiger partial charge in [-0.25, -0.2) is 9.07 Å². The van der Waals surface area contributed by atoms with Crippen LogP contribution in [0.4, 0.5) is 4.39 Å². The normalized spacial score (nSPS) is 11.0. The number of rotatable bonds is 4. The highest BCUT2D eigenvalue weighted by Gasteiger charge is 2.15. The highest BCUT2D eigenvalue weighted by molar-refractivity contribution is 5.80. The Morgan fingerprint density at radius 3 is 2.61 bits per heavy atom. The summed E-state index contributed by atoms with van der Waals surface area (Å²) in [6, 6.07) is 17.0. The number of nitrogens with one attached hydrogen (secondary N) is 1. The fourth-order valence-corrected chi connectivity index (χ4v) is 3.50. The van der Waals surface area contributed by atoms with E-state index in [1.165, 1.54) is 6.07 Å². The Morgan fingerprint density at radius 2 is 1.82 bits per heavy atom. The zero-order valence-corrected chi connectivity index (χ0v) is 16.1. The number of nitrogens with zero attached hydrogens (tertiary/aromatic N) is 3. The summed E-state index contributed by atoms with van der Waals surface area (Å²) in [5.41, 5.74) is 7.94. The van der Waals surface area contributed by atoms with E-state index in [-0.39, 0.29) is 5.82 Å². The van der Waals surface area contributed by atoms with Crippen LogP contribution >= 0.6 is 0 Å². The average molecular weight is 372 g/mol. The van der Waals surface area contributed by atoms with E-state index >= 15 is 0 Å². The number of hydrogen-bond acceptors (Lipinski definition) is 3. The smallest absolute Gasteiger partial charge is 0.124 e. The van der Waals surface area contributed by atoms with Crippen molar-refractivity contribution in [3.63, 3.8) is 0 Å². The topological polar surface area (TPSA) is 42.7 Å². The van der Waals surface area contributed by atoms with Gasteiger partial charge in [0.25, 0.3) is 0 Å². The first kappa shape index (κ1) is 17.9. The van der Waals surface area contributed by atoms with Gasteiger partial charge in [0.1, 0.15) is 11.3 Å². The van der Waals surface area contributed by atoms with Crippen LogP contribution in [-0.2, 0) is 0 Å². The molecule has 1 N–H and O–H groups in total. The van der Waals surface area contributed by atoms with Crippen LogP contribution in [0.5, 0.6) is 0 Å². The SMILES string of the molecule is C=C(NC)c1cc(F)cc(-c2cc(-n3nnc4ccccc43)ccc2C)c1C. The lowest BCUT2D eigenvalue weighted by Crippen LogP contribution is -2.06. The minimum absolute atomic E-state index is 0.289. The maximum absolute atomic E-state index is 14.4. The van der Waals surface area contributed by atoms with Gasteiger partial charge in [0.15, 0.2) is 0 Å². The molecule has 5 heteroatoms. The fraction of sp³-hybridized carbons (Fsp3) is 0.130. The lowest BCUT2D eigenvalue weighted by molar-refractivity contribution is 0.627. The van der Waals surface area contributed by atoms with E-state index in [1.54, 1.807) is 17.8 Å². The summed E-state index contributed by atoms with van der Waals surface area (Å²) in [4.78, 5) is 0. The van der Waals surface area contributed by atoms with E-state index in [2.05, 4.69) is 22.2 Å². The van der Waals surface area contributed by atoms with Gasteiger partial charge in [0.05, 0.1) is 11.2 Å². The van der Waals surface area contributed by atoms with Crippen LogP contribution < -0.4 is 5.32 Å². The first-order valence-electron chi connectivity index (χ1n) is 9.08. The van der Waals surface area contributed by atoms with E-state index in [0.717, 1.165) is 44.5 Å². The minimum Gasteiger partial charge on any atom is -0.388 e. The lowest BCUT2D eigenvalue weighted by atomic mass is 9.92. The van der Waals surface area contributed by atoms with Gasteiger partial charge in [0, 0.05) is 18.3 Å². The van der Waals surface area contributed by atoms with Gasteiger partial charge in [-0.3, -0.25) is 0 Å². The standard InChI is InChI=1S/C23H21FN4/c1-14-9-10-18(28-23-8-6-5-7-22(23)26-27-28)13-19(14)21-12-17(24)11-20(15(21)2)16(3)25-4/h5-13,25H,3H2,1-2,4H3. The third-order valence-corrected chi connectivity index (χ3v) is 5.11. The summed E-state index contributed by atoms with van der Waals surface area (Å²) >= 11 is 0. The van der Waals surface area contributed by atoms with Crippen molar-refractivity contribution < 1.29 is 4.39 Å². The molecule has 4 aromatic rings. The van der Waals surface area contributed by atoms with Crippen molar-refractivity contribution >= 4 is 16.7 Å². The highest BCUT2D eigenvalue weighted by Crippen LogP contribution is 2.33. The molecule has 0 aliphatic rings. The Hall–Kier alpha value is -3.47. The van der Waals surface area contributed by atoms with Gasteiger partial charge < -0.3 is 5.32 Å². The molecule has 3 aromatic carbocycles. The summed E-state index contributed by atoms with van der Waals surface area (Å²) in [6.07, 6.45) is 0. The molecule has 28 heavy (non-hydrogen) atoms. The third kappa shape index (κ3) is 2.95. The molecule has 140 valence electrons. The molecule has 0 atom stereocenters. The summed E-state index contributed by atoms with van der Waals surface area (Å²) in [5, 5.41) is 11.5. The molecule has 0 saturated heterocycles. The zero-order chi connectivity index (χ0) is 19.8. The van der Waals surface area contributed by atoms with Gasteiger partial charge in [0.2, 0.25) is 0 Å². The first-order chi connectivity index (χ1) is 13.5. The monoisotopic (exact) mass is 372 g/mol. The number of hydrogen-bond donors (Lipinski definition) is 1. The quantitative estimate of drug-likeness (QED) is 0.546. The Labute approximate surface area is 163 Å². The molecule has 0 radical (unpaired) electrons. The summed E-state index contributed by atoms with van der Waals surface area (Å²) in [6.45, 7) is 8.01. The van der Waals surface area contributed by atoms with Crippen molar-refractivity contribution in [1.29, 1.82) is 0 Å².